The maximum atomic E-state index is 12.1. The second kappa shape index (κ2) is 7.91. The van der Waals surface area contributed by atoms with Crippen LogP contribution in [0.4, 0.5) is 0 Å². The van der Waals surface area contributed by atoms with Crippen LogP contribution in [0.1, 0.15) is 51.0 Å². The maximum absolute atomic E-state index is 12.1. The van der Waals surface area contributed by atoms with Crippen LogP contribution in [-0.4, -0.2) is 13.1 Å². The lowest BCUT2D eigenvalue weighted by molar-refractivity contribution is -0.144. The summed E-state index contributed by atoms with van der Waals surface area (Å²) in [4.78, 5) is 12.1. The van der Waals surface area contributed by atoms with Crippen molar-refractivity contribution in [1.82, 2.24) is 0 Å². The molecule has 1 aromatic rings. The van der Waals surface area contributed by atoms with E-state index in [1.54, 1.807) is 0 Å². The van der Waals surface area contributed by atoms with Gasteiger partial charge in [0, 0.05) is 0 Å². The topological polar surface area (TPSA) is 26.3 Å². The van der Waals surface area contributed by atoms with Gasteiger partial charge in [-0.2, -0.15) is 0 Å². The number of esters is 1. The van der Waals surface area contributed by atoms with Crippen molar-refractivity contribution in [2.75, 3.05) is 7.11 Å². The van der Waals surface area contributed by atoms with Crippen LogP contribution in [0, 0.1) is 5.92 Å². The number of hydrogen-bond acceptors (Lipinski definition) is 2. The van der Waals surface area contributed by atoms with Crippen LogP contribution in [-0.2, 0) is 9.53 Å². The molecule has 0 fully saturated rings. The van der Waals surface area contributed by atoms with E-state index < -0.39 is 0 Å². The number of carbonyl (C=O) groups excluding carboxylic acids is 1. The van der Waals surface area contributed by atoms with E-state index in [4.69, 9.17) is 4.74 Å². The molecule has 0 saturated heterocycles. The molecule has 0 saturated carbocycles. The fourth-order valence-electron chi connectivity index (χ4n) is 2.61. The molecule has 1 unspecified atom stereocenters. The third-order valence-corrected chi connectivity index (χ3v) is 3.40. The standard InChI is InChI=1S/C16H24O2/c1-4-9-13(10-5-2)15(16(17)18-3)14-11-7-6-8-12-14/h6-8,11-13,15H,4-5,9-10H2,1-3H3. The van der Waals surface area contributed by atoms with Gasteiger partial charge in [-0.25, -0.2) is 0 Å². The molecule has 0 spiro atoms. The third-order valence-electron chi connectivity index (χ3n) is 3.40. The molecule has 100 valence electrons. The van der Waals surface area contributed by atoms with Crippen molar-refractivity contribution in [3.05, 3.63) is 35.9 Å². The molecule has 2 nitrogen and oxygen atoms in total. The Labute approximate surface area is 110 Å². The maximum Gasteiger partial charge on any atom is 0.313 e. The largest absolute Gasteiger partial charge is 0.469 e. The second-order valence-electron chi connectivity index (χ2n) is 4.75. The van der Waals surface area contributed by atoms with Gasteiger partial charge in [0.1, 0.15) is 0 Å². The highest BCUT2D eigenvalue weighted by atomic mass is 16.5. The van der Waals surface area contributed by atoms with Crippen molar-refractivity contribution in [3.63, 3.8) is 0 Å². The Balaban J connectivity index is 2.99. The van der Waals surface area contributed by atoms with E-state index in [9.17, 15) is 4.79 Å². The molecule has 1 rings (SSSR count). The zero-order chi connectivity index (χ0) is 13.4. The van der Waals surface area contributed by atoms with E-state index in [-0.39, 0.29) is 11.9 Å². The summed E-state index contributed by atoms with van der Waals surface area (Å²) in [7, 11) is 1.48. The molecule has 0 radical (unpaired) electrons. The summed E-state index contributed by atoms with van der Waals surface area (Å²) in [6.45, 7) is 4.34. The third kappa shape index (κ3) is 3.86. The van der Waals surface area contributed by atoms with E-state index in [0.717, 1.165) is 31.2 Å². The van der Waals surface area contributed by atoms with Crippen LogP contribution in [0.2, 0.25) is 0 Å². The van der Waals surface area contributed by atoms with Crippen LogP contribution in [0.5, 0.6) is 0 Å². The number of ether oxygens (including phenoxy) is 1. The summed E-state index contributed by atoms with van der Waals surface area (Å²) in [6.07, 6.45) is 4.35. The highest BCUT2D eigenvalue weighted by molar-refractivity contribution is 5.78. The zero-order valence-corrected chi connectivity index (χ0v) is 11.7. The molecule has 0 amide bonds. The quantitative estimate of drug-likeness (QED) is 0.677. The van der Waals surface area contributed by atoms with Gasteiger partial charge in [0.15, 0.2) is 0 Å². The van der Waals surface area contributed by atoms with Gasteiger partial charge in [0.2, 0.25) is 0 Å². The Hall–Kier alpha value is -1.31. The predicted molar refractivity (Wildman–Crippen MR) is 74.5 cm³/mol. The number of hydrogen-bond donors (Lipinski definition) is 0. The Kier molecular flexibility index (Phi) is 6.48. The van der Waals surface area contributed by atoms with Crippen molar-refractivity contribution in [2.24, 2.45) is 5.92 Å². The Morgan fingerprint density at radius 3 is 2.11 bits per heavy atom. The van der Waals surface area contributed by atoms with E-state index in [1.165, 1.54) is 7.11 Å². The highest BCUT2D eigenvalue weighted by Crippen LogP contribution is 2.32. The van der Waals surface area contributed by atoms with Gasteiger partial charge in [-0.15, -0.1) is 0 Å². The number of rotatable bonds is 7. The summed E-state index contributed by atoms with van der Waals surface area (Å²) >= 11 is 0. The van der Waals surface area contributed by atoms with Gasteiger partial charge in [0.25, 0.3) is 0 Å². The first kappa shape index (κ1) is 14.7. The van der Waals surface area contributed by atoms with E-state index in [2.05, 4.69) is 13.8 Å². The molecule has 0 N–H and O–H groups in total. The lowest BCUT2D eigenvalue weighted by atomic mass is 9.80. The second-order valence-corrected chi connectivity index (χ2v) is 4.75. The van der Waals surface area contributed by atoms with Crippen LogP contribution in [0.3, 0.4) is 0 Å². The van der Waals surface area contributed by atoms with E-state index in [1.807, 2.05) is 30.3 Å². The minimum absolute atomic E-state index is 0.104. The van der Waals surface area contributed by atoms with Crippen molar-refractivity contribution in [1.29, 1.82) is 0 Å². The Bertz CT molecular complexity index is 339. The molecule has 0 aliphatic rings. The van der Waals surface area contributed by atoms with Gasteiger partial charge < -0.3 is 4.74 Å². The minimum Gasteiger partial charge on any atom is -0.469 e. The van der Waals surface area contributed by atoms with Gasteiger partial charge >= 0.3 is 5.97 Å². The van der Waals surface area contributed by atoms with E-state index in [0.29, 0.717) is 5.92 Å². The molecule has 2 heteroatoms. The van der Waals surface area contributed by atoms with Gasteiger partial charge in [0.05, 0.1) is 13.0 Å². The van der Waals surface area contributed by atoms with Crippen LogP contribution in [0.15, 0.2) is 30.3 Å². The first-order valence-corrected chi connectivity index (χ1v) is 6.87. The Morgan fingerprint density at radius 2 is 1.67 bits per heavy atom. The number of carbonyl (C=O) groups is 1. The van der Waals surface area contributed by atoms with Crippen molar-refractivity contribution in [2.45, 2.75) is 45.4 Å². The van der Waals surface area contributed by atoms with Crippen LogP contribution >= 0.6 is 0 Å². The zero-order valence-electron chi connectivity index (χ0n) is 11.7. The van der Waals surface area contributed by atoms with E-state index >= 15 is 0 Å². The average Bonchev–Trinajstić information content (AvgIpc) is 2.40. The van der Waals surface area contributed by atoms with Gasteiger partial charge in [-0.05, 0) is 24.3 Å². The first-order chi connectivity index (χ1) is 8.74. The van der Waals surface area contributed by atoms with Gasteiger partial charge in [-0.1, -0.05) is 57.0 Å². The molecule has 18 heavy (non-hydrogen) atoms. The fraction of sp³-hybridized carbons (Fsp3) is 0.562. The average molecular weight is 248 g/mol. The van der Waals surface area contributed by atoms with Crippen LogP contribution in [0.25, 0.3) is 0 Å². The summed E-state index contributed by atoms with van der Waals surface area (Å²) in [6, 6.07) is 10.0. The summed E-state index contributed by atoms with van der Waals surface area (Å²) in [5.41, 5.74) is 1.08. The molecule has 1 atom stereocenters. The Morgan fingerprint density at radius 1 is 1.11 bits per heavy atom. The summed E-state index contributed by atoms with van der Waals surface area (Å²) < 4.78 is 5.00. The normalized spacial score (nSPS) is 12.4. The van der Waals surface area contributed by atoms with Crippen molar-refractivity contribution >= 4 is 5.97 Å². The molecular weight excluding hydrogens is 224 g/mol. The number of benzene rings is 1. The van der Waals surface area contributed by atoms with Gasteiger partial charge in [-0.3, -0.25) is 4.79 Å². The molecular formula is C16H24O2. The van der Waals surface area contributed by atoms with Crippen molar-refractivity contribution in [3.8, 4) is 0 Å². The molecule has 0 aromatic heterocycles. The SMILES string of the molecule is CCCC(CCC)C(C(=O)OC)c1ccccc1. The summed E-state index contributed by atoms with van der Waals surface area (Å²) in [5.74, 6) is 0.166. The highest BCUT2D eigenvalue weighted by Gasteiger charge is 2.29. The lowest BCUT2D eigenvalue weighted by Crippen LogP contribution is -2.23. The smallest absolute Gasteiger partial charge is 0.313 e. The summed E-state index contributed by atoms with van der Waals surface area (Å²) in [5, 5.41) is 0. The minimum atomic E-state index is -0.115. The molecule has 0 aliphatic heterocycles. The van der Waals surface area contributed by atoms with Crippen LogP contribution < -0.4 is 0 Å². The predicted octanol–water partition coefficient (Wildman–Crippen LogP) is 4.16. The molecule has 0 aliphatic carbocycles. The van der Waals surface area contributed by atoms with Crippen molar-refractivity contribution < 1.29 is 9.53 Å². The molecule has 1 aromatic carbocycles. The molecule has 0 bridgehead atoms. The fourth-order valence-corrected chi connectivity index (χ4v) is 2.61. The monoisotopic (exact) mass is 248 g/mol. The first-order valence-electron chi connectivity index (χ1n) is 6.87. The lowest BCUT2D eigenvalue weighted by Gasteiger charge is -2.25. The molecule has 0 heterocycles. The number of methoxy groups -OCH3 is 1.